The quantitative estimate of drug-likeness (QED) is 0.754. The van der Waals surface area contributed by atoms with Gasteiger partial charge in [-0.1, -0.05) is 18.2 Å². The van der Waals surface area contributed by atoms with Crippen LogP contribution in [0.4, 0.5) is 0 Å². The van der Waals surface area contributed by atoms with Crippen molar-refractivity contribution in [2.24, 2.45) is 0 Å². The number of hydrogen-bond acceptors (Lipinski definition) is 3. The molecule has 0 atom stereocenters. The highest BCUT2D eigenvalue weighted by Crippen LogP contribution is 2.08. The summed E-state index contributed by atoms with van der Waals surface area (Å²) in [6.45, 7) is 2.06. The van der Waals surface area contributed by atoms with E-state index in [0.29, 0.717) is 12.1 Å². The fraction of sp³-hybridized carbons (Fsp3) is 0.231. The van der Waals surface area contributed by atoms with Crippen LogP contribution in [0, 0.1) is 0 Å². The zero-order valence-corrected chi connectivity index (χ0v) is 9.91. The zero-order chi connectivity index (χ0) is 12.8. The van der Waals surface area contributed by atoms with E-state index in [-0.39, 0.29) is 0 Å². The summed E-state index contributed by atoms with van der Waals surface area (Å²) >= 11 is 0. The summed E-state index contributed by atoms with van der Waals surface area (Å²) in [7, 11) is 0. The number of rotatable bonds is 6. The van der Waals surface area contributed by atoms with Crippen molar-refractivity contribution in [1.29, 1.82) is 0 Å². The van der Waals surface area contributed by atoms with E-state index in [2.05, 4.69) is 10.4 Å². The van der Waals surface area contributed by atoms with E-state index in [1.54, 1.807) is 18.3 Å². The molecule has 0 unspecified atom stereocenters. The Labute approximate surface area is 105 Å². The van der Waals surface area contributed by atoms with Gasteiger partial charge in [-0.3, -0.25) is 4.68 Å². The zero-order valence-electron chi connectivity index (χ0n) is 9.91. The summed E-state index contributed by atoms with van der Waals surface area (Å²) in [4.78, 5) is 11.0. The Balaban J connectivity index is 1.85. The first kappa shape index (κ1) is 12.3. The SMILES string of the molecule is O=C(O)c1ccccc1CNCCn1cccn1. The van der Waals surface area contributed by atoms with Crippen LogP contribution in [0.3, 0.4) is 0 Å². The van der Waals surface area contributed by atoms with Crippen molar-refractivity contribution >= 4 is 5.97 Å². The molecule has 1 aromatic carbocycles. The molecule has 0 radical (unpaired) electrons. The molecular weight excluding hydrogens is 230 g/mol. The number of benzene rings is 1. The lowest BCUT2D eigenvalue weighted by atomic mass is 10.1. The fourth-order valence-corrected chi connectivity index (χ4v) is 1.73. The van der Waals surface area contributed by atoms with Gasteiger partial charge in [-0.25, -0.2) is 4.79 Å². The van der Waals surface area contributed by atoms with Gasteiger partial charge in [0.25, 0.3) is 0 Å². The highest BCUT2D eigenvalue weighted by Gasteiger charge is 2.07. The molecule has 1 heterocycles. The van der Waals surface area contributed by atoms with E-state index in [9.17, 15) is 4.79 Å². The molecule has 94 valence electrons. The highest BCUT2D eigenvalue weighted by atomic mass is 16.4. The molecule has 0 amide bonds. The van der Waals surface area contributed by atoms with Crippen molar-refractivity contribution in [2.45, 2.75) is 13.1 Å². The first-order valence-corrected chi connectivity index (χ1v) is 5.77. The molecule has 0 spiro atoms. The van der Waals surface area contributed by atoms with Crippen molar-refractivity contribution in [1.82, 2.24) is 15.1 Å². The normalized spacial score (nSPS) is 10.4. The number of nitrogens with one attached hydrogen (secondary N) is 1. The Morgan fingerprint density at radius 1 is 1.33 bits per heavy atom. The van der Waals surface area contributed by atoms with Crippen LogP contribution in [0.1, 0.15) is 15.9 Å². The van der Waals surface area contributed by atoms with Crippen LogP contribution in [0.2, 0.25) is 0 Å². The van der Waals surface area contributed by atoms with Gasteiger partial charge in [-0.15, -0.1) is 0 Å². The minimum atomic E-state index is -0.889. The number of aromatic carboxylic acids is 1. The van der Waals surface area contributed by atoms with Crippen LogP contribution < -0.4 is 5.32 Å². The second-order valence-electron chi connectivity index (χ2n) is 3.91. The van der Waals surface area contributed by atoms with Crippen LogP contribution in [0.25, 0.3) is 0 Å². The topological polar surface area (TPSA) is 67.2 Å². The predicted octanol–water partition coefficient (Wildman–Crippen LogP) is 1.37. The third kappa shape index (κ3) is 3.18. The molecule has 5 heteroatoms. The van der Waals surface area contributed by atoms with E-state index in [0.717, 1.165) is 18.7 Å². The Bertz CT molecular complexity index is 509. The maximum atomic E-state index is 11.0. The lowest BCUT2D eigenvalue weighted by Gasteiger charge is -2.07. The molecule has 2 aromatic rings. The van der Waals surface area contributed by atoms with Gasteiger partial charge in [-0.05, 0) is 17.7 Å². The molecule has 2 N–H and O–H groups in total. The van der Waals surface area contributed by atoms with Crippen molar-refractivity contribution in [3.63, 3.8) is 0 Å². The van der Waals surface area contributed by atoms with Crippen LogP contribution in [0.15, 0.2) is 42.7 Å². The summed E-state index contributed by atoms with van der Waals surface area (Å²) in [5, 5.41) is 16.3. The van der Waals surface area contributed by atoms with Crippen LogP contribution in [-0.4, -0.2) is 27.4 Å². The molecule has 0 saturated carbocycles. The summed E-state index contributed by atoms with van der Waals surface area (Å²) in [6, 6.07) is 8.89. The monoisotopic (exact) mass is 245 g/mol. The van der Waals surface area contributed by atoms with Gasteiger partial charge < -0.3 is 10.4 Å². The van der Waals surface area contributed by atoms with Crippen molar-refractivity contribution in [3.05, 3.63) is 53.9 Å². The second kappa shape index (κ2) is 5.97. The number of carboxylic acid groups (broad SMARTS) is 1. The Hall–Kier alpha value is -2.14. The number of nitrogens with zero attached hydrogens (tertiary/aromatic N) is 2. The van der Waals surface area contributed by atoms with Gasteiger partial charge in [0.15, 0.2) is 0 Å². The molecule has 2 rings (SSSR count). The lowest BCUT2D eigenvalue weighted by molar-refractivity contribution is 0.0695. The van der Waals surface area contributed by atoms with Crippen molar-refractivity contribution < 1.29 is 9.90 Å². The van der Waals surface area contributed by atoms with E-state index >= 15 is 0 Å². The molecule has 5 nitrogen and oxygen atoms in total. The third-order valence-electron chi connectivity index (χ3n) is 2.64. The number of carboxylic acids is 1. The van der Waals surface area contributed by atoms with E-state index < -0.39 is 5.97 Å². The Morgan fingerprint density at radius 2 is 2.17 bits per heavy atom. The van der Waals surface area contributed by atoms with E-state index in [1.165, 1.54) is 0 Å². The standard InChI is InChI=1S/C13H15N3O2/c17-13(18)12-5-2-1-4-11(12)10-14-7-9-16-8-3-6-15-16/h1-6,8,14H,7,9-10H2,(H,17,18). The van der Waals surface area contributed by atoms with Crippen molar-refractivity contribution in [3.8, 4) is 0 Å². The number of hydrogen-bond donors (Lipinski definition) is 2. The minimum absolute atomic E-state index is 0.351. The molecule has 0 bridgehead atoms. The van der Waals surface area contributed by atoms with Gasteiger partial charge in [0, 0.05) is 25.5 Å². The molecule has 0 saturated heterocycles. The summed E-state index contributed by atoms with van der Waals surface area (Å²) in [5.41, 5.74) is 1.15. The second-order valence-corrected chi connectivity index (χ2v) is 3.91. The summed E-state index contributed by atoms with van der Waals surface area (Å²) in [5.74, 6) is -0.889. The fourth-order valence-electron chi connectivity index (χ4n) is 1.73. The van der Waals surface area contributed by atoms with Crippen LogP contribution >= 0.6 is 0 Å². The summed E-state index contributed by atoms with van der Waals surface area (Å²) < 4.78 is 1.83. The molecule has 0 fully saturated rings. The molecular formula is C13H15N3O2. The minimum Gasteiger partial charge on any atom is -0.478 e. The smallest absolute Gasteiger partial charge is 0.336 e. The van der Waals surface area contributed by atoms with Crippen LogP contribution in [0.5, 0.6) is 0 Å². The lowest BCUT2D eigenvalue weighted by Crippen LogP contribution is -2.21. The van der Waals surface area contributed by atoms with Gasteiger partial charge in [0.05, 0.1) is 12.1 Å². The first-order chi connectivity index (χ1) is 8.77. The Morgan fingerprint density at radius 3 is 2.89 bits per heavy atom. The number of aromatic nitrogens is 2. The molecule has 1 aromatic heterocycles. The van der Waals surface area contributed by atoms with Crippen LogP contribution in [-0.2, 0) is 13.1 Å². The van der Waals surface area contributed by atoms with E-state index in [4.69, 9.17) is 5.11 Å². The highest BCUT2D eigenvalue weighted by molar-refractivity contribution is 5.89. The Kier molecular flexibility index (Phi) is 4.09. The van der Waals surface area contributed by atoms with Crippen molar-refractivity contribution in [2.75, 3.05) is 6.54 Å². The number of carbonyl (C=O) groups is 1. The first-order valence-electron chi connectivity index (χ1n) is 5.77. The van der Waals surface area contributed by atoms with Gasteiger partial charge in [-0.2, -0.15) is 5.10 Å². The average molecular weight is 245 g/mol. The molecule has 0 aliphatic rings. The summed E-state index contributed by atoms with van der Waals surface area (Å²) in [6.07, 6.45) is 3.63. The molecule has 18 heavy (non-hydrogen) atoms. The van der Waals surface area contributed by atoms with Gasteiger partial charge >= 0.3 is 5.97 Å². The average Bonchev–Trinajstić information content (AvgIpc) is 2.88. The van der Waals surface area contributed by atoms with Gasteiger partial charge in [0.1, 0.15) is 0 Å². The maximum Gasteiger partial charge on any atom is 0.336 e. The van der Waals surface area contributed by atoms with E-state index in [1.807, 2.05) is 29.1 Å². The van der Waals surface area contributed by atoms with Gasteiger partial charge in [0.2, 0.25) is 0 Å². The maximum absolute atomic E-state index is 11.0. The molecule has 0 aliphatic carbocycles. The molecule has 0 aliphatic heterocycles. The third-order valence-corrected chi connectivity index (χ3v) is 2.64. The predicted molar refractivity (Wildman–Crippen MR) is 67.3 cm³/mol. The largest absolute Gasteiger partial charge is 0.478 e.